The lowest BCUT2D eigenvalue weighted by molar-refractivity contribution is -0.124. The van der Waals surface area contributed by atoms with Crippen LogP contribution in [0.15, 0.2) is 30.3 Å². The molecule has 0 bridgehead atoms. The van der Waals surface area contributed by atoms with E-state index < -0.39 is 6.04 Å². The number of hydrogen-bond donors (Lipinski definition) is 2. The normalized spacial score (nSPS) is 23.8. The van der Waals surface area contributed by atoms with Gasteiger partial charge in [-0.25, -0.2) is 0 Å². The van der Waals surface area contributed by atoms with Crippen LogP contribution < -0.4 is 11.1 Å². The number of hydrogen-bond acceptors (Lipinski definition) is 3. The third-order valence-electron chi connectivity index (χ3n) is 5.15. The summed E-state index contributed by atoms with van der Waals surface area (Å²) < 4.78 is 0. The molecule has 136 valence electrons. The second kappa shape index (κ2) is 10.0. The maximum absolute atomic E-state index is 12.2. The Kier molecular flexibility index (Phi) is 8.74. The highest BCUT2D eigenvalue weighted by molar-refractivity contribution is 5.85. The summed E-state index contributed by atoms with van der Waals surface area (Å²) in [7, 11) is 0. The molecule has 1 aromatic rings. The number of rotatable bonds is 6. The Bertz CT molecular complexity index is 497. The van der Waals surface area contributed by atoms with Gasteiger partial charge in [0.05, 0.1) is 6.04 Å². The summed E-state index contributed by atoms with van der Waals surface area (Å²) in [6.07, 6.45) is 2.92. The molecule has 0 radical (unpaired) electrons. The average Bonchev–Trinajstić information content (AvgIpc) is 2.56. The minimum Gasteiger partial charge on any atom is -0.352 e. The SMILES string of the molecule is CCC(C)C(N)C(=O)NC1CCN(Cc2ccccc2)C(C)C1.Cl. The smallest absolute Gasteiger partial charge is 0.237 e. The van der Waals surface area contributed by atoms with Gasteiger partial charge < -0.3 is 11.1 Å². The molecule has 4 unspecified atom stereocenters. The van der Waals surface area contributed by atoms with Crippen molar-refractivity contribution in [3.05, 3.63) is 35.9 Å². The fourth-order valence-corrected chi connectivity index (χ4v) is 3.21. The molecule has 1 aliphatic heterocycles. The molecule has 0 spiro atoms. The summed E-state index contributed by atoms with van der Waals surface area (Å²) >= 11 is 0. The van der Waals surface area contributed by atoms with Crippen molar-refractivity contribution in [1.29, 1.82) is 0 Å². The van der Waals surface area contributed by atoms with E-state index in [1.54, 1.807) is 0 Å². The van der Waals surface area contributed by atoms with Crippen LogP contribution in [0.5, 0.6) is 0 Å². The molecule has 3 N–H and O–H groups in total. The van der Waals surface area contributed by atoms with Gasteiger partial charge >= 0.3 is 0 Å². The molecule has 1 heterocycles. The van der Waals surface area contributed by atoms with Crippen molar-refractivity contribution < 1.29 is 4.79 Å². The predicted octanol–water partition coefficient (Wildman–Crippen LogP) is 2.95. The second-order valence-electron chi connectivity index (χ2n) is 6.95. The monoisotopic (exact) mass is 353 g/mol. The molecule has 1 aliphatic rings. The highest BCUT2D eigenvalue weighted by Gasteiger charge is 2.28. The Labute approximate surface area is 152 Å². The van der Waals surface area contributed by atoms with Crippen LogP contribution in [0.1, 0.15) is 45.6 Å². The van der Waals surface area contributed by atoms with Gasteiger partial charge in [0.1, 0.15) is 0 Å². The zero-order valence-corrected chi connectivity index (χ0v) is 15.9. The molecule has 5 heteroatoms. The number of likely N-dealkylation sites (tertiary alicyclic amines) is 1. The van der Waals surface area contributed by atoms with Gasteiger partial charge in [0.15, 0.2) is 0 Å². The highest BCUT2D eigenvalue weighted by Crippen LogP contribution is 2.20. The lowest BCUT2D eigenvalue weighted by Crippen LogP contribution is -2.53. The van der Waals surface area contributed by atoms with Crippen LogP contribution in [0.25, 0.3) is 0 Å². The van der Waals surface area contributed by atoms with Crippen molar-refractivity contribution in [3.63, 3.8) is 0 Å². The molecular formula is C19H32ClN3O. The summed E-state index contributed by atoms with van der Waals surface area (Å²) in [5.74, 6) is 0.235. The first kappa shape index (κ1) is 20.9. The number of nitrogens with two attached hydrogens (primary N) is 1. The van der Waals surface area contributed by atoms with Crippen LogP contribution >= 0.6 is 12.4 Å². The van der Waals surface area contributed by atoms with Gasteiger partial charge in [-0.3, -0.25) is 9.69 Å². The standard InChI is InChI=1S/C19H31N3O.ClH/c1-4-14(2)18(20)19(23)21-17-10-11-22(15(3)12-17)13-16-8-6-5-7-9-16;/h5-9,14-15,17-18H,4,10-13,20H2,1-3H3,(H,21,23);1H. The van der Waals surface area contributed by atoms with E-state index in [9.17, 15) is 4.79 Å². The minimum atomic E-state index is -0.391. The molecule has 1 amide bonds. The fourth-order valence-electron chi connectivity index (χ4n) is 3.21. The number of nitrogens with zero attached hydrogens (tertiary/aromatic N) is 1. The quantitative estimate of drug-likeness (QED) is 0.826. The first-order valence-electron chi connectivity index (χ1n) is 8.85. The molecule has 0 saturated carbocycles. The summed E-state index contributed by atoms with van der Waals surface area (Å²) in [5.41, 5.74) is 7.38. The van der Waals surface area contributed by atoms with Crippen molar-refractivity contribution in [2.24, 2.45) is 11.7 Å². The Balaban J connectivity index is 0.00000288. The molecule has 4 atom stereocenters. The number of benzene rings is 1. The molecule has 1 aromatic carbocycles. The van der Waals surface area contributed by atoms with E-state index in [4.69, 9.17) is 5.73 Å². The van der Waals surface area contributed by atoms with E-state index in [1.165, 1.54) is 5.56 Å². The number of nitrogens with one attached hydrogen (secondary N) is 1. The molecule has 1 saturated heterocycles. The van der Waals surface area contributed by atoms with Crippen molar-refractivity contribution in [2.45, 2.75) is 64.7 Å². The first-order valence-corrected chi connectivity index (χ1v) is 8.85. The summed E-state index contributed by atoms with van der Waals surface area (Å²) in [4.78, 5) is 14.7. The maximum Gasteiger partial charge on any atom is 0.237 e. The Morgan fingerprint density at radius 3 is 2.62 bits per heavy atom. The van der Waals surface area contributed by atoms with Gasteiger partial charge in [-0.2, -0.15) is 0 Å². The number of halogens is 1. The van der Waals surface area contributed by atoms with Gasteiger partial charge in [-0.1, -0.05) is 50.6 Å². The largest absolute Gasteiger partial charge is 0.352 e. The zero-order chi connectivity index (χ0) is 16.8. The van der Waals surface area contributed by atoms with Gasteiger partial charge in [-0.15, -0.1) is 12.4 Å². The molecule has 2 rings (SSSR count). The van der Waals surface area contributed by atoms with E-state index in [0.29, 0.717) is 6.04 Å². The van der Waals surface area contributed by atoms with Crippen molar-refractivity contribution in [1.82, 2.24) is 10.2 Å². The van der Waals surface area contributed by atoms with Crippen molar-refractivity contribution in [3.8, 4) is 0 Å². The number of carbonyl (C=O) groups is 1. The predicted molar refractivity (Wildman–Crippen MR) is 102 cm³/mol. The van der Waals surface area contributed by atoms with Crippen LogP contribution in [0.3, 0.4) is 0 Å². The number of carbonyl (C=O) groups excluding carboxylic acids is 1. The molecule has 24 heavy (non-hydrogen) atoms. The minimum absolute atomic E-state index is 0. The van der Waals surface area contributed by atoms with E-state index in [2.05, 4.69) is 54.4 Å². The third-order valence-corrected chi connectivity index (χ3v) is 5.15. The Morgan fingerprint density at radius 1 is 1.38 bits per heavy atom. The highest BCUT2D eigenvalue weighted by atomic mass is 35.5. The van der Waals surface area contributed by atoms with E-state index in [0.717, 1.165) is 32.4 Å². The average molecular weight is 354 g/mol. The molecule has 0 aromatic heterocycles. The van der Waals surface area contributed by atoms with Crippen molar-refractivity contribution >= 4 is 18.3 Å². The molecule has 1 fully saturated rings. The summed E-state index contributed by atoms with van der Waals surface area (Å²) in [6, 6.07) is 10.9. The zero-order valence-electron chi connectivity index (χ0n) is 15.1. The van der Waals surface area contributed by atoms with E-state index in [-0.39, 0.29) is 30.3 Å². The summed E-state index contributed by atoms with van der Waals surface area (Å²) in [6.45, 7) is 8.35. The Hall–Kier alpha value is -1.10. The van der Waals surface area contributed by atoms with Crippen LogP contribution in [-0.2, 0) is 11.3 Å². The third kappa shape index (κ3) is 5.76. The van der Waals surface area contributed by atoms with Gasteiger partial charge in [0, 0.05) is 25.2 Å². The lowest BCUT2D eigenvalue weighted by Gasteiger charge is -2.38. The molecule has 0 aliphatic carbocycles. The van der Waals surface area contributed by atoms with Crippen LogP contribution in [0.4, 0.5) is 0 Å². The van der Waals surface area contributed by atoms with Crippen molar-refractivity contribution in [2.75, 3.05) is 6.54 Å². The maximum atomic E-state index is 12.2. The number of piperidine rings is 1. The van der Waals surface area contributed by atoms with Crippen LogP contribution in [0, 0.1) is 5.92 Å². The van der Waals surface area contributed by atoms with Crippen LogP contribution in [0.2, 0.25) is 0 Å². The van der Waals surface area contributed by atoms with E-state index >= 15 is 0 Å². The second-order valence-corrected chi connectivity index (χ2v) is 6.95. The molecular weight excluding hydrogens is 322 g/mol. The molecule has 4 nitrogen and oxygen atoms in total. The van der Waals surface area contributed by atoms with E-state index in [1.807, 2.05) is 6.92 Å². The summed E-state index contributed by atoms with van der Waals surface area (Å²) in [5, 5.41) is 3.16. The van der Waals surface area contributed by atoms with Gasteiger partial charge in [-0.05, 0) is 31.2 Å². The fraction of sp³-hybridized carbons (Fsp3) is 0.632. The van der Waals surface area contributed by atoms with Gasteiger partial charge in [0.2, 0.25) is 5.91 Å². The van der Waals surface area contributed by atoms with Crippen LogP contribution in [-0.4, -0.2) is 35.5 Å². The Morgan fingerprint density at radius 2 is 2.04 bits per heavy atom. The van der Waals surface area contributed by atoms with Gasteiger partial charge in [0.25, 0.3) is 0 Å². The topological polar surface area (TPSA) is 58.4 Å². The first-order chi connectivity index (χ1) is 11.0. The number of amides is 1. The lowest BCUT2D eigenvalue weighted by atomic mass is 9.95.